The van der Waals surface area contributed by atoms with E-state index in [1.165, 1.54) is 25.4 Å². The molecule has 0 fully saturated rings. The number of aromatic nitrogens is 1. The van der Waals surface area contributed by atoms with Gasteiger partial charge >= 0.3 is 5.97 Å². The number of hydrogen-bond acceptors (Lipinski definition) is 4. The summed E-state index contributed by atoms with van der Waals surface area (Å²) in [4.78, 5) is 25.2. The summed E-state index contributed by atoms with van der Waals surface area (Å²) in [7, 11) is 1.26. The van der Waals surface area contributed by atoms with E-state index in [-0.39, 0.29) is 23.7 Å². The lowest BCUT2D eigenvalue weighted by Crippen LogP contribution is -2.12. The van der Waals surface area contributed by atoms with Crippen LogP contribution in [0.5, 0.6) is 0 Å². The summed E-state index contributed by atoms with van der Waals surface area (Å²) in [5, 5.41) is 0. The number of carbonyl (C=O) groups is 2. The van der Waals surface area contributed by atoms with Crippen LogP contribution in [-0.2, 0) is 4.74 Å². The monoisotopic (exact) mass is 216 g/mol. The van der Waals surface area contributed by atoms with E-state index < -0.39 is 11.9 Å². The van der Waals surface area contributed by atoms with E-state index in [0.29, 0.717) is 0 Å². The first-order chi connectivity index (χ1) is 6.15. The number of halogens is 1. The number of ether oxygens (including phenoxy) is 1. The van der Waals surface area contributed by atoms with Crippen LogP contribution in [0, 0.1) is 0 Å². The zero-order chi connectivity index (χ0) is 9.84. The summed E-state index contributed by atoms with van der Waals surface area (Å²) >= 11 is 0. The predicted molar refractivity (Wildman–Crippen MR) is 51.3 cm³/mol. The molecular weight excluding hydrogens is 208 g/mol. The number of rotatable bonds is 2. The first kappa shape index (κ1) is 12.4. The normalized spacial score (nSPS) is 8.64. The summed E-state index contributed by atoms with van der Waals surface area (Å²) < 4.78 is 4.42. The van der Waals surface area contributed by atoms with Crippen molar-refractivity contribution in [2.45, 2.75) is 0 Å². The molecule has 1 amide bonds. The van der Waals surface area contributed by atoms with Crippen LogP contribution in [0.15, 0.2) is 18.3 Å². The molecule has 0 saturated heterocycles. The van der Waals surface area contributed by atoms with E-state index in [4.69, 9.17) is 5.73 Å². The molecular formula is C8H9ClN2O3. The van der Waals surface area contributed by atoms with E-state index >= 15 is 0 Å². The lowest BCUT2D eigenvalue weighted by Gasteiger charge is -1.98. The van der Waals surface area contributed by atoms with Crippen molar-refractivity contribution in [3.8, 4) is 0 Å². The molecule has 1 aromatic heterocycles. The lowest BCUT2D eigenvalue weighted by atomic mass is 10.2. The smallest absolute Gasteiger partial charge is 0.356 e. The summed E-state index contributed by atoms with van der Waals surface area (Å²) in [6, 6.07) is 2.80. The van der Waals surface area contributed by atoms with Gasteiger partial charge in [-0.3, -0.25) is 4.79 Å². The highest BCUT2D eigenvalue weighted by Crippen LogP contribution is 2.00. The molecule has 2 N–H and O–H groups in total. The van der Waals surface area contributed by atoms with Crippen LogP contribution in [0.3, 0.4) is 0 Å². The highest BCUT2D eigenvalue weighted by Gasteiger charge is 2.07. The number of nitrogens with two attached hydrogens (primary N) is 1. The second-order valence-corrected chi connectivity index (χ2v) is 2.29. The Hall–Kier alpha value is -1.62. The molecule has 0 aliphatic rings. The third-order valence-corrected chi connectivity index (χ3v) is 1.44. The van der Waals surface area contributed by atoms with Crippen LogP contribution in [0.1, 0.15) is 20.8 Å². The lowest BCUT2D eigenvalue weighted by molar-refractivity contribution is 0.0593. The van der Waals surface area contributed by atoms with Gasteiger partial charge in [0.1, 0.15) is 5.69 Å². The molecule has 6 heteroatoms. The van der Waals surface area contributed by atoms with Gasteiger partial charge in [-0.1, -0.05) is 0 Å². The zero-order valence-electron chi connectivity index (χ0n) is 7.39. The van der Waals surface area contributed by atoms with Gasteiger partial charge in [0.2, 0.25) is 5.91 Å². The maximum Gasteiger partial charge on any atom is 0.356 e. The number of pyridine rings is 1. The van der Waals surface area contributed by atoms with Gasteiger partial charge < -0.3 is 10.5 Å². The molecule has 76 valence electrons. The van der Waals surface area contributed by atoms with Gasteiger partial charge in [0.05, 0.1) is 12.7 Å². The minimum absolute atomic E-state index is 0. The van der Waals surface area contributed by atoms with Crippen LogP contribution >= 0.6 is 12.4 Å². The Kier molecular flexibility index (Phi) is 4.58. The van der Waals surface area contributed by atoms with E-state index in [2.05, 4.69) is 9.72 Å². The Morgan fingerprint density at radius 3 is 2.43 bits per heavy atom. The topological polar surface area (TPSA) is 82.3 Å². The number of amides is 1. The molecule has 0 aliphatic heterocycles. The first-order valence-corrected chi connectivity index (χ1v) is 3.49. The molecule has 0 saturated carbocycles. The van der Waals surface area contributed by atoms with Crippen molar-refractivity contribution in [2.75, 3.05) is 7.11 Å². The minimum atomic E-state index is -0.580. The molecule has 0 radical (unpaired) electrons. The first-order valence-electron chi connectivity index (χ1n) is 3.49. The van der Waals surface area contributed by atoms with Crippen molar-refractivity contribution in [2.24, 2.45) is 5.73 Å². The zero-order valence-corrected chi connectivity index (χ0v) is 8.21. The van der Waals surface area contributed by atoms with E-state index in [0.717, 1.165) is 0 Å². The van der Waals surface area contributed by atoms with Crippen molar-refractivity contribution in [3.05, 3.63) is 29.6 Å². The third-order valence-electron chi connectivity index (χ3n) is 1.44. The van der Waals surface area contributed by atoms with Gasteiger partial charge in [-0.05, 0) is 12.1 Å². The van der Waals surface area contributed by atoms with Crippen molar-refractivity contribution >= 4 is 24.3 Å². The summed E-state index contributed by atoms with van der Waals surface area (Å²) in [6.45, 7) is 0. The summed E-state index contributed by atoms with van der Waals surface area (Å²) in [6.07, 6.45) is 1.23. The fourth-order valence-electron chi connectivity index (χ4n) is 0.765. The van der Waals surface area contributed by atoms with Crippen LogP contribution < -0.4 is 5.73 Å². The molecule has 14 heavy (non-hydrogen) atoms. The summed E-state index contributed by atoms with van der Waals surface area (Å²) in [5.41, 5.74) is 5.38. The molecule has 0 aliphatic carbocycles. The molecule has 5 nitrogen and oxygen atoms in total. The summed E-state index contributed by atoms with van der Waals surface area (Å²) in [5.74, 6) is -1.13. The van der Waals surface area contributed by atoms with Gasteiger partial charge in [-0.2, -0.15) is 0 Å². The van der Waals surface area contributed by atoms with Crippen LogP contribution in [0.4, 0.5) is 0 Å². The molecule has 0 unspecified atom stereocenters. The Bertz CT molecular complexity index is 337. The minimum Gasteiger partial charge on any atom is -0.464 e. The maximum absolute atomic E-state index is 10.9. The number of esters is 1. The van der Waals surface area contributed by atoms with Crippen LogP contribution in [0.2, 0.25) is 0 Å². The fraction of sp³-hybridized carbons (Fsp3) is 0.125. The fourth-order valence-corrected chi connectivity index (χ4v) is 0.765. The van der Waals surface area contributed by atoms with E-state index in [9.17, 15) is 9.59 Å². The predicted octanol–water partition coefficient (Wildman–Crippen LogP) is 0.389. The standard InChI is InChI=1S/C8H8N2O3.ClH/c1-13-8(12)6-3-2-5(4-10-6)7(9)11;/h2-4H,1H3,(H2,9,11);1H. The third kappa shape index (κ3) is 2.70. The Labute approximate surface area is 86.7 Å². The van der Waals surface area contributed by atoms with Crippen molar-refractivity contribution in [3.63, 3.8) is 0 Å². The highest BCUT2D eigenvalue weighted by atomic mass is 35.5. The molecule has 0 atom stereocenters. The number of nitrogens with zero attached hydrogens (tertiary/aromatic N) is 1. The molecule has 0 aromatic carbocycles. The Morgan fingerprint density at radius 2 is 2.07 bits per heavy atom. The van der Waals surface area contributed by atoms with Gasteiger partial charge in [-0.25, -0.2) is 9.78 Å². The molecule has 1 aromatic rings. The van der Waals surface area contributed by atoms with Gasteiger partial charge in [0, 0.05) is 6.20 Å². The molecule has 1 heterocycles. The van der Waals surface area contributed by atoms with E-state index in [1.54, 1.807) is 0 Å². The highest BCUT2D eigenvalue weighted by molar-refractivity contribution is 5.93. The number of carbonyl (C=O) groups excluding carboxylic acids is 2. The molecule has 1 rings (SSSR count). The van der Waals surface area contributed by atoms with Crippen LogP contribution in [0.25, 0.3) is 0 Å². The molecule has 0 spiro atoms. The van der Waals surface area contributed by atoms with Crippen LogP contribution in [-0.4, -0.2) is 24.0 Å². The second kappa shape index (κ2) is 5.18. The quantitative estimate of drug-likeness (QED) is 0.725. The van der Waals surface area contributed by atoms with E-state index in [1.807, 2.05) is 0 Å². The largest absolute Gasteiger partial charge is 0.464 e. The number of primary amides is 1. The Morgan fingerprint density at radius 1 is 1.43 bits per heavy atom. The second-order valence-electron chi connectivity index (χ2n) is 2.29. The number of methoxy groups -OCH3 is 1. The Balaban J connectivity index is 0.00000169. The molecule has 0 bridgehead atoms. The maximum atomic E-state index is 10.9. The van der Waals surface area contributed by atoms with Crippen molar-refractivity contribution < 1.29 is 14.3 Å². The van der Waals surface area contributed by atoms with Gasteiger partial charge in [0.15, 0.2) is 0 Å². The van der Waals surface area contributed by atoms with Crippen molar-refractivity contribution in [1.29, 1.82) is 0 Å². The van der Waals surface area contributed by atoms with Gasteiger partial charge in [-0.15, -0.1) is 12.4 Å². The number of hydrogen-bond donors (Lipinski definition) is 1. The van der Waals surface area contributed by atoms with Gasteiger partial charge in [0.25, 0.3) is 0 Å². The SMILES string of the molecule is COC(=O)c1ccc(C(N)=O)cn1.Cl. The average molecular weight is 217 g/mol. The average Bonchev–Trinajstić information content (AvgIpc) is 2.17. The van der Waals surface area contributed by atoms with Crippen molar-refractivity contribution in [1.82, 2.24) is 4.98 Å².